The van der Waals surface area contributed by atoms with Crippen molar-refractivity contribution in [3.05, 3.63) is 41.6 Å². The van der Waals surface area contributed by atoms with Gasteiger partial charge in [-0.05, 0) is 32.0 Å². The summed E-state index contributed by atoms with van der Waals surface area (Å²) in [5, 5.41) is 12.4. The number of carboxylic acids is 1. The fourth-order valence-corrected chi connectivity index (χ4v) is 2.55. The van der Waals surface area contributed by atoms with Crippen LogP contribution in [0.4, 0.5) is 0 Å². The maximum absolute atomic E-state index is 11.0. The number of carboxylic acid groups (broad SMARTS) is 1. The second-order valence-electron chi connectivity index (χ2n) is 5.18. The lowest BCUT2D eigenvalue weighted by Gasteiger charge is -2.11. The molecule has 3 heterocycles. The highest BCUT2D eigenvalue weighted by atomic mass is 16.4. The molecule has 0 aromatic carbocycles. The molecule has 108 valence electrons. The summed E-state index contributed by atoms with van der Waals surface area (Å²) in [5.41, 5.74) is 2.59. The number of hydrogen-bond acceptors (Lipinski definition) is 5. The van der Waals surface area contributed by atoms with E-state index in [-0.39, 0.29) is 5.56 Å². The lowest BCUT2D eigenvalue weighted by molar-refractivity contribution is 0.0696. The van der Waals surface area contributed by atoms with E-state index >= 15 is 0 Å². The van der Waals surface area contributed by atoms with Crippen LogP contribution in [0.1, 0.15) is 34.2 Å². The Morgan fingerprint density at radius 1 is 1.33 bits per heavy atom. The predicted molar refractivity (Wildman–Crippen MR) is 77.2 cm³/mol. The highest BCUT2D eigenvalue weighted by molar-refractivity contribution is 5.88. The molecule has 1 aliphatic rings. The van der Waals surface area contributed by atoms with Gasteiger partial charge in [0.15, 0.2) is 0 Å². The number of aromatic carboxylic acids is 1. The second kappa shape index (κ2) is 5.57. The molecular weight excluding hydrogens is 268 g/mol. The molecule has 1 saturated heterocycles. The van der Waals surface area contributed by atoms with Gasteiger partial charge in [0.25, 0.3) is 0 Å². The quantitative estimate of drug-likeness (QED) is 0.890. The van der Waals surface area contributed by atoms with Crippen molar-refractivity contribution >= 4 is 5.97 Å². The second-order valence-corrected chi connectivity index (χ2v) is 5.18. The average molecular weight is 284 g/mol. The van der Waals surface area contributed by atoms with Gasteiger partial charge in [-0.3, -0.25) is 4.98 Å². The molecule has 0 unspecified atom stereocenters. The third-order valence-corrected chi connectivity index (χ3v) is 3.62. The highest BCUT2D eigenvalue weighted by Crippen LogP contribution is 2.25. The van der Waals surface area contributed by atoms with E-state index in [1.165, 1.54) is 6.20 Å². The largest absolute Gasteiger partial charge is 0.478 e. The lowest BCUT2D eigenvalue weighted by Crippen LogP contribution is -2.10. The van der Waals surface area contributed by atoms with Gasteiger partial charge in [0.05, 0.1) is 11.3 Å². The summed E-state index contributed by atoms with van der Waals surface area (Å²) in [6.07, 6.45) is 4.02. The van der Waals surface area contributed by atoms with Crippen molar-refractivity contribution in [2.45, 2.75) is 19.3 Å². The fraction of sp³-hybridized carbons (Fsp3) is 0.333. The SMILES string of the molecule is Cc1nc(-c2cncc(C(=O)O)c2)cc([C@@H]2CCNC2)n1. The summed E-state index contributed by atoms with van der Waals surface area (Å²) < 4.78 is 0. The average Bonchev–Trinajstić information content (AvgIpc) is 3.01. The van der Waals surface area contributed by atoms with Crippen molar-refractivity contribution in [3.63, 3.8) is 0 Å². The minimum atomic E-state index is -0.990. The van der Waals surface area contributed by atoms with Gasteiger partial charge in [-0.25, -0.2) is 14.8 Å². The maximum Gasteiger partial charge on any atom is 0.337 e. The van der Waals surface area contributed by atoms with Gasteiger partial charge >= 0.3 is 5.97 Å². The van der Waals surface area contributed by atoms with E-state index in [0.717, 1.165) is 30.9 Å². The summed E-state index contributed by atoms with van der Waals surface area (Å²) >= 11 is 0. The number of aryl methyl sites for hydroxylation is 1. The van der Waals surface area contributed by atoms with Crippen LogP contribution in [0, 0.1) is 6.92 Å². The molecule has 21 heavy (non-hydrogen) atoms. The van der Waals surface area contributed by atoms with Crippen molar-refractivity contribution in [2.24, 2.45) is 0 Å². The van der Waals surface area contributed by atoms with E-state index in [1.807, 2.05) is 13.0 Å². The summed E-state index contributed by atoms with van der Waals surface area (Å²) in [6.45, 7) is 3.77. The number of nitrogens with one attached hydrogen (secondary N) is 1. The van der Waals surface area contributed by atoms with Crippen molar-refractivity contribution in [1.82, 2.24) is 20.3 Å². The van der Waals surface area contributed by atoms with Crippen molar-refractivity contribution in [1.29, 1.82) is 0 Å². The van der Waals surface area contributed by atoms with E-state index in [0.29, 0.717) is 17.3 Å². The van der Waals surface area contributed by atoms with E-state index in [2.05, 4.69) is 20.3 Å². The Morgan fingerprint density at radius 3 is 2.90 bits per heavy atom. The minimum Gasteiger partial charge on any atom is -0.478 e. The van der Waals surface area contributed by atoms with Crippen LogP contribution in [0.15, 0.2) is 24.5 Å². The number of rotatable bonds is 3. The molecular formula is C15H16N4O2. The summed E-state index contributed by atoms with van der Waals surface area (Å²) in [7, 11) is 0. The van der Waals surface area contributed by atoms with Crippen LogP contribution in [-0.4, -0.2) is 39.1 Å². The number of nitrogens with zero attached hydrogens (tertiary/aromatic N) is 3. The van der Waals surface area contributed by atoms with Crippen LogP contribution in [0.5, 0.6) is 0 Å². The topological polar surface area (TPSA) is 88.0 Å². The van der Waals surface area contributed by atoms with Gasteiger partial charge in [0.1, 0.15) is 5.82 Å². The van der Waals surface area contributed by atoms with Gasteiger partial charge in [0.2, 0.25) is 0 Å². The van der Waals surface area contributed by atoms with Crippen LogP contribution < -0.4 is 5.32 Å². The molecule has 1 aliphatic heterocycles. The van der Waals surface area contributed by atoms with Crippen molar-refractivity contribution in [3.8, 4) is 11.3 Å². The Kier molecular flexibility index (Phi) is 3.62. The van der Waals surface area contributed by atoms with Crippen LogP contribution in [0.3, 0.4) is 0 Å². The third kappa shape index (κ3) is 2.90. The Balaban J connectivity index is 2.01. The fourth-order valence-electron chi connectivity index (χ4n) is 2.55. The summed E-state index contributed by atoms with van der Waals surface area (Å²) in [6, 6.07) is 3.53. The van der Waals surface area contributed by atoms with E-state index in [1.54, 1.807) is 12.3 Å². The molecule has 2 aromatic heterocycles. The Hall–Kier alpha value is -2.34. The standard InChI is InChI=1S/C15H16N4O2/c1-9-18-13(10-2-3-16-6-10)5-14(19-9)11-4-12(15(20)21)8-17-7-11/h4-5,7-8,10,16H,2-3,6H2,1H3,(H,20,21)/t10-/m1/s1. The molecule has 0 bridgehead atoms. The Morgan fingerprint density at radius 2 is 2.19 bits per heavy atom. The smallest absolute Gasteiger partial charge is 0.337 e. The number of aromatic nitrogens is 3. The van der Waals surface area contributed by atoms with Crippen LogP contribution in [-0.2, 0) is 0 Å². The first-order chi connectivity index (χ1) is 10.1. The van der Waals surface area contributed by atoms with Crippen LogP contribution >= 0.6 is 0 Å². The van der Waals surface area contributed by atoms with E-state index < -0.39 is 5.97 Å². The summed E-state index contributed by atoms with van der Waals surface area (Å²) in [4.78, 5) is 24.0. The molecule has 0 saturated carbocycles. The van der Waals surface area contributed by atoms with Crippen LogP contribution in [0.25, 0.3) is 11.3 Å². The molecule has 3 rings (SSSR count). The normalized spacial score (nSPS) is 17.9. The molecule has 1 fully saturated rings. The molecule has 6 heteroatoms. The zero-order valence-corrected chi connectivity index (χ0v) is 11.7. The van der Waals surface area contributed by atoms with Crippen molar-refractivity contribution in [2.75, 3.05) is 13.1 Å². The van der Waals surface area contributed by atoms with Crippen molar-refractivity contribution < 1.29 is 9.90 Å². The number of pyridine rings is 1. The molecule has 0 radical (unpaired) electrons. The zero-order chi connectivity index (χ0) is 14.8. The van der Waals surface area contributed by atoms with E-state index in [9.17, 15) is 4.79 Å². The zero-order valence-electron chi connectivity index (χ0n) is 11.7. The Bertz CT molecular complexity index is 681. The number of carbonyl (C=O) groups is 1. The first-order valence-corrected chi connectivity index (χ1v) is 6.88. The lowest BCUT2D eigenvalue weighted by atomic mass is 10.0. The molecule has 0 spiro atoms. The van der Waals surface area contributed by atoms with Crippen LogP contribution in [0.2, 0.25) is 0 Å². The monoisotopic (exact) mass is 284 g/mol. The van der Waals surface area contributed by atoms with Gasteiger partial charge < -0.3 is 10.4 Å². The Labute approximate surface area is 122 Å². The summed E-state index contributed by atoms with van der Waals surface area (Å²) in [5.74, 6) is 0.0894. The van der Waals surface area contributed by atoms with Gasteiger partial charge in [-0.15, -0.1) is 0 Å². The molecule has 1 atom stereocenters. The molecule has 0 amide bonds. The highest BCUT2D eigenvalue weighted by Gasteiger charge is 2.19. The molecule has 0 aliphatic carbocycles. The minimum absolute atomic E-state index is 0.160. The third-order valence-electron chi connectivity index (χ3n) is 3.62. The molecule has 6 nitrogen and oxygen atoms in total. The van der Waals surface area contributed by atoms with E-state index in [4.69, 9.17) is 5.11 Å². The molecule has 2 N–H and O–H groups in total. The molecule has 2 aromatic rings. The maximum atomic E-state index is 11.0. The van der Waals surface area contributed by atoms with Gasteiger partial charge in [0, 0.05) is 36.1 Å². The first kappa shape index (κ1) is 13.6. The predicted octanol–water partition coefficient (Wildman–Crippen LogP) is 1.62. The first-order valence-electron chi connectivity index (χ1n) is 6.88. The van der Waals surface area contributed by atoms with Gasteiger partial charge in [-0.1, -0.05) is 0 Å². The number of hydrogen-bond donors (Lipinski definition) is 2. The van der Waals surface area contributed by atoms with Gasteiger partial charge in [-0.2, -0.15) is 0 Å².